The summed E-state index contributed by atoms with van der Waals surface area (Å²) >= 11 is 0. The first-order chi connectivity index (χ1) is 11.1. The number of hydrogen-bond acceptors (Lipinski definition) is 6. The van der Waals surface area contributed by atoms with Gasteiger partial charge in [-0.05, 0) is 19.3 Å². The molecule has 6 nitrogen and oxygen atoms in total. The van der Waals surface area contributed by atoms with E-state index in [4.69, 9.17) is 14.5 Å². The van der Waals surface area contributed by atoms with Crippen LogP contribution in [0.3, 0.4) is 0 Å². The zero-order valence-electron chi connectivity index (χ0n) is 14.5. The molecular formula is C17H28N4O2. The van der Waals surface area contributed by atoms with Crippen LogP contribution in [-0.4, -0.2) is 48.6 Å². The highest BCUT2D eigenvalue weighted by Gasteiger charge is 2.40. The van der Waals surface area contributed by atoms with Crippen LogP contribution in [0.25, 0.3) is 0 Å². The average Bonchev–Trinajstić information content (AvgIpc) is 2.95. The van der Waals surface area contributed by atoms with Gasteiger partial charge in [-0.25, -0.2) is 4.98 Å². The minimum Gasteiger partial charge on any atom is -0.356 e. The number of nitrogens with zero attached hydrogens (tertiary/aromatic N) is 3. The monoisotopic (exact) mass is 320 g/mol. The second-order valence-corrected chi connectivity index (χ2v) is 6.90. The van der Waals surface area contributed by atoms with Crippen LogP contribution >= 0.6 is 0 Å². The van der Waals surface area contributed by atoms with Crippen molar-refractivity contribution in [3.05, 3.63) is 11.8 Å². The predicted molar refractivity (Wildman–Crippen MR) is 90.8 cm³/mol. The summed E-state index contributed by atoms with van der Waals surface area (Å²) < 4.78 is 11.6. The number of rotatable bonds is 5. The summed E-state index contributed by atoms with van der Waals surface area (Å²) in [5.74, 6) is 2.07. The molecule has 0 amide bonds. The summed E-state index contributed by atoms with van der Waals surface area (Å²) in [4.78, 5) is 11.5. The Morgan fingerprint density at radius 1 is 1.22 bits per heavy atom. The molecule has 0 bridgehead atoms. The van der Waals surface area contributed by atoms with Gasteiger partial charge in [-0.15, -0.1) is 0 Å². The smallest absolute Gasteiger partial charge is 0.224 e. The van der Waals surface area contributed by atoms with Crippen LogP contribution in [0, 0.1) is 12.8 Å². The Balaban J connectivity index is 1.62. The fraction of sp³-hybridized carbons (Fsp3) is 0.765. The maximum Gasteiger partial charge on any atom is 0.224 e. The Bertz CT molecular complexity index is 519. The topological polar surface area (TPSA) is 59.5 Å². The van der Waals surface area contributed by atoms with Crippen LogP contribution in [-0.2, 0) is 9.47 Å². The summed E-state index contributed by atoms with van der Waals surface area (Å²) in [5.41, 5.74) is 0.996. The zero-order valence-corrected chi connectivity index (χ0v) is 14.5. The van der Waals surface area contributed by atoms with E-state index in [1.165, 1.54) is 0 Å². The Morgan fingerprint density at radius 3 is 2.57 bits per heavy atom. The van der Waals surface area contributed by atoms with Crippen molar-refractivity contribution in [2.45, 2.75) is 45.8 Å². The Labute approximate surface area is 138 Å². The molecule has 3 heterocycles. The van der Waals surface area contributed by atoms with E-state index in [0.29, 0.717) is 5.92 Å². The zero-order chi connectivity index (χ0) is 16.3. The SMILES string of the molecule is Cc1cc(N2CCC3(CC2)OCCO3)nc(NCCC(C)C)n1. The largest absolute Gasteiger partial charge is 0.356 e. The molecule has 128 valence electrons. The summed E-state index contributed by atoms with van der Waals surface area (Å²) in [6.45, 7) is 10.6. The lowest BCUT2D eigenvalue weighted by atomic mass is 10.0. The number of piperidine rings is 1. The molecule has 2 aliphatic heterocycles. The molecule has 6 heteroatoms. The third-order valence-corrected chi connectivity index (χ3v) is 4.51. The lowest BCUT2D eigenvalue weighted by molar-refractivity contribution is -0.169. The molecule has 1 aromatic rings. The minimum absolute atomic E-state index is 0.336. The van der Waals surface area contributed by atoms with Crippen LogP contribution in [0.4, 0.5) is 11.8 Å². The molecule has 1 spiro atoms. The van der Waals surface area contributed by atoms with Crippen LogP contribution in [0.2, 0.25) is 0 Å². The second-order valence-electron chi connectivity index (χ2n) is 6.90. The number of anilines is 2. The van der Waals surface area contributed by atoms with Gasteiger partial charge < -0.3 is 19.7 Å². The summed E-state index contributed by atoms with van der Waals surface area (Å²) in [6, 6.07) is 2.06. The molecule has 2 aliphatic rings. The van der Waals surface area contributed by atoms with Gasteiger partial charge in [-0.2, -0.15) is 4.98 Å². The minimum atomic E-state index is -0.336. The van der Waals surface area contributed by atoms with E-state index in [2.05, 4.69) is 35.1 Å². The lowest BCUT2D eigenvalue weighted by Crippen LogP contribution is -2.45. The van der Waals surface area contributed by atoms with Gasteiger partial charge in [-0.3, -0.25) is 0 Å². The fourth-order valence-corrected chi connectivity index (χ4v) is 3.13. The van der Waals surface area contributed by atoms with E-state index in [1.54, 1.807) is 0 Å². The Kier molecular flexibility index (Phi) is 5.02. The van der Waals surface area contributed by atoms with Crippen LogP contribution in [0.1, 0.15) is 38.8 Å². The van der Waals surface area contributed by atoms with Crippen molar-refractivity contribution in [1.82, 2.24) is 9.97 Å². The third-order valence-electron chi connectivity index (χ3n) is 4.51. The molecule has 0 radical (unpaired) electrons. The van der Waals surface area contributed by atoms with E-state index in [-0.39, 0.29) is 5.79 Å². The molecule has 0 unspecified atom stereocenters. The van der Waals surface area contributed by atoms with Gasteiger partial charge in [-0.1, -0.05) is 13.8 Å². The van der Waals surface area contributed by atoms with Crippen molar-refractivity contribution in [2.24, 2.45) is 5.92 Å². The molecule has 1 aromatic heterocycles. The highest BCUT2D eigenvalue weighted by atomic mass is 16.7. The van der Waals surface area contributed by atoms with Gasteiger partial charge in [0.2, 0.25) is 5.95 Å². The summed E-state index contributed by atoms with van der Waals surface area (Å²) in [7, 11) is 0. The number of ether oxygens (including phenoxy) is 2. The number of aryl methyl sites for hydroxylation is 1. The van der Waals surface area contributed by atoms with Gasteiger partial charge in [0.25, 0.3) is 0 Å². The third kappa shape index (κ3) is 4.12. The van der Waals surface area contributed by atoms with Gasteiger partial charge >= 0.3 is 0 Å². The summed E-state index contributed by atoms with van der Waals surface area (Å²) in [6.07, 6.45) is 2.91. The van der Waals surface area contributed by atoms with Crippen LogP contribution in [0.5, 0.6) is 0 Å². The van der Waals surface area contributed by atoms with E-state index in [9.17, 15) is 0 Å². The molecule has 2 saturated heterocycles. The molecule has 23 heavy (non-hydrogen) atoms. The maximum absolute atomic E-state index is 5.79. The number of hydrogen-bond donors (Lipinski definition) is 1. The highest BCUT2D eigenvalue weighted by Crippen LogP contribution is 2.32. The number of aromatic nitrogens is 2. The van der Waals surface area contributed by atoms with Crippen LogP contribution in [0.15, 0.2) is 6.07 Å². The lowest BCUT2D eigenvalue weighted by Gasteiger charge is -2.38. The predicted octanol–water partition coefficient (Wildman–Crippen LogP) is 2.59. The fourth-order valence-electron chi connectivity index (χ4n) is 3.13. The van der Waals surface area contributed by atoms with Crippen molar-refractivity contribution in [3.63, 3.8) is 0 Å². The molecule has 0 saturated carbocycles. The molecule has 0 aromatic carbocycles. The maximum atomic E-state index is 5.79. The van der Waals surface area contributed by atoms with Crippen molar-refractivity contribution < 1.29 is 9.47 Å². The first-order valence-electron chi connectivity index (χ1n) is 8.69. The second kappa shape index (κ2) is 7.01. The van der Waals surface area contributed by atoms with Crippen molar-refractivity contribution in [2.75, 3.05) is 43.1 Å². The van der Waals surface area contributed by atoms with E-state index in [1.807, 2.05) is 6.92 Å². The van der Waals surface area contributed by atoms with E-state index in [0.717, 1.165) is 69.6 Å². The standard InChI is InChI=1S/C17H28N4O2/c1-13(2)4-7-18-16-19-14(3)12-15(20-16)21-8-5-17(6-9-21)22-10-11-23-17/h12-13H,4-11H2,1-3H3,(H,18,19,20). The Morgan fingerprint density at radius 2 is 1.91 bits per heavy atom. The van der Waals surface area contributed by atoms with Crippen molar-refractivity contribution >= 4 is 11.8 Å². The highest BCUT2D eigenvalue weighted by molar-refractivity contribution is 5.45. The molecule has 0 aliphatic carbocycles. The molecule has 2 fully saturated rings. The molecule has 1 N–H and O–H groups in total. The molecular weight excluding hydrogens is 292 g/mol. The van der Waals surface area contributed by atoms with Gasteiger partial charge in [0, 0.05) is 44.2 Å². The number of nitrogens with one attached hydrogen (secondary N) is 1. The van der Waals surface area contributed by atoms with Crippen molar-refractivity contribution in [1.29, 1.82) is 0 Å². The Hall–Kier alpha value is -1.40. The summed E-state index contributed by atoms with van der Waals surface area (Å²) in [5, 5.41) is 3.35. The molecule has 3 rings (SSSR count). The van der Waals surface area contributed by atoms with Gasteiger partial charge in [0.15, 0.2) is 5.79 Å². The molecule has 0 atom stereocenters. The van der Waals surface area contributed by atoms with Gasteiger partial charge in [0.05, 0.1) is 13.2 Å². The van der Waals surface area contributed by atoms with Crippen molar-refractivity contribution in [3.8, 4) is 0 Å². The first-order valence-corrected chi connectivity index (χ1v) is 8.69. The van der Waals surface area contributed by atoms with E-state index < -0.39 is 0 Å². The quantitative estimate of drug-likeness (QED) is 0.900. The first kappa shape index (κ1) is 16.5. The van der Waals surface area contributed by atoms with E-state index >= 15 is 0 Å². The van der Waals surface area contributed by atoms with Gasteiger partial charge in [0.1, 0.15) is 5.82 Å². The normalized spacial score (nSPS) is 20.4. The average molecular weight is 320 g/mol. The van der Waals surface area contributed by atoms with Crippen LogP contribution < -0.4 is 10.2 Å².